The third-order valence-corrected chi connectivity index (χ3v) is 3.31. The minimum absolute atomic E-state index is 0.0260. The van der Waals surface area contributed by atoms with E-state index in [1.165, 1.54) is 0 Å². The third kappa shape index (κ3) is 4.19. The lowest BCUT2D eigenvalue weighted by Gasteiger charge is -2.31. The molecule has 0 unspecified atom stereocenters. The van der Waals surface area contributed by atoms with Crippen molar-refractivity contribution in [3.05, 3.63) is 23.4 Å². The first kappa shape index (κ1) is 16.3. The van der Waals surface area contributed by atoms with E-state index in [0.29, 0.717) is 24.5 Å². The quantitative estimate of drug-likeness (QED) is 0.929. The van der Waals surface area contributed by atoms with Gasteiger partial charge in [-0.25, -0.2) is 9.78 Å². The standard InChI is InChI=1S/C16H22N2O4/c1-16(2,3)22-15(21)18-10-4-5-11-6-7-12(17-14(11)18)8-9-13(19)20/h6-7H,4-5,8-10H2,1-3H3,(H,19,20). The van der Waals surface area contributed by atoms with Crippen LogP contribution < -0.4 is 4.90 Å². The first-order valence-electron chi connectivity index (χ1n) is 7.47. The Bertz CT molecular complexity index is 578. The van der Waals surface area contributed by atoms with Gasteiger partial charge in [-0.15, -0.1) is 0 Å². The molecule has 0 saturated heterocycles. The molecule has 0 fully saturated rings. The maximum absolute atomic E-state index is 12.3. The van der Waals surface area contributed by atoms with Crippen molar-refractivity contribution in [3.8, 4) is 0 Å². The highest BCUT2D eigenvalue weighted by Crippen LogP contribution is 2.27. The zero-order valence-corrected chi connectivity index (χ0v) is 13.3. The molecule has 22 heavy (non-hydrogen) atoms. The number of rotatable bonds is 3. The van der Waals surface area contributed by atoms with Gasteiger partial charge in [0.25, 0.3) is 0 Å². The third-order valence-electron chi connectivity index (χ3n) is 3.31. The smallest absolute Gasteiger partial charge is 0.416 e. The van der Waals surface area contributed by atoms with Gasteiger partial charge in [-0.1, -0.05) is 6.07 Å². The Morgan fingerprint density at radius 1 is 1.36 bits per heavy atom. The summed E-state index contributed by atoms with van der Waals surface area (Å²) < 4.78 is 5.42. The molecule has 0 bridgehead atoms. The van der Waals surface area contributed by atoms with Gasteiger partial charge in [-0.3, -0.25) is 9.69 Å². The fraction of sp³-hybridized carbons (Fsp3) is 0.562. The zero-order chi connectivity index (χ0) is 16.3. The number of amides is 1. The van der Waals surface area contributed by atoms with Crippen LogP contribution in [0.25, 0.3) is 0 Å². The molecule has 0 aliphatic carbocycles. The number of aryl methyl sites for hydroxylation is 2. The summed E-state index contributed by atoms with van der Waals surface area (Å²) in [6, 6.07) is 3.76. The second kappa shape index (κ2) is 6.34. The van der Waals surface area contributed by atoms with Gasteiger partial charge in [0.1, 0.15) is 11.4 Å². The van der Waals surface area contributed by atoms with Crippen molar-refractivity contribution in [3.63, 3.8) is 0 Å². The Hall–Kier alpha value is -2.11. The van der Waals surface area contributed by atoms with Gasteiger partial charge in [-0.05, 0) is 45.2 Å². The monoisotopic (exact) mass is 306 g/mol. The summed E-state index contributed by atoms with van der Waals surface area (Å²) in [7, 11) is 0. The lowest BCUT2D eigenvalue weighted by molar-refractivity contribution is -0.136. The summed E-state index contributed by atoms with van der Waals surface area (Å²) in [6.45, 7) is 6.04. The van der Waals surface area contributed by atoms with Crippen LogP contribution in [0, 0.1) is 0 Å². The van der Waals surface area contributed by atoms with E-state index >= 15 is 0 Å². The molecule has 1 aliphatic heterocycles. The van der Waals surface area contributed by atoms with E-state index in [2.05, 4.69) is 4.98 Å². The van der Waals surface area contributed by atoms with Gasteiger partial charge in [0, 0.05) is 18.7 Å². The Morgan fingerprint density at radius 3 is 2.73 bits per heavy atom. The van der Waals surface area contributed by atoms with Gasteiger partial charge in [0.05, 0.1) is 6.42 Å². The number of aromatic nitrogens is 1. The average molecular weight is 306 g/mol. The number of hydrogen-bond acceptors (Lipinski definition) is 4. The zero-order valence-electron chi connectivity index (χ0n) is 13.3. The van der Waals surface area contributed by atoms with Crippen molar-refractivity contribution < 1.29 is 19.4 Å². The fourth-order valence-corrected chi connectivity index (χ4v) is 2.35. The maximum Gasteiger partial charge on any atom is 0.416 e. The predicted octanol–water partition coefficient (Wildman–Crippen LogP) is 2.79. The Labute approximate surface area is 130 Å². The summed E-state index contributed by atoms with van der Waals surface area (Å²) in [5.74, 6) is -0.257. The molecule has 1 amide bonds. The molecule has 1 aliphatic rings. The van der Waals surface area contributed by atoms with Crippen molar-refractivity contribution >= 4 is 17.9 Å². The van der Waals surface area contributed by atoms with E-state index < -0.39 is 17.7 Å². The van der Waals surface area contributed by atoms with E-state index in [4.69, 9.17) is 9.84 Å². The Balaban J connectivity index is 2.22. The van der Waals surface area contributed by atoms with Crippen molar-refractivity contribution in [2.75, 3.05) is 11.4 Å². The second-order valence-corrected chi connectivity index (χ2v) is 6.41. The van der Waals surface area contributed by atoms with Crippen LogP contribution in [0.1, 0.15) is 44.9 Å². The summed E-state index contributed by atoms with van der Waals surface area (Å²) >= 11 is 0. The van der Waals surface area contributed by atoms with Crippen LogP contribution in [-0.4, -0.2) is 34.3 Å². The van der Waals surface area contributed by atoms with E-state index in [0.717, 1.165) is 18.4 Å². The number of nitrogens with zero attached hydrogens (tertiary/aromatic N) is 2. The molecule has 1 aromatic heterocycles. The Morgan fingerprint density at radius 2 is 2.09 bits per heavy atom. The molecule has 2 rings (SSSR count). The summed E-state index contributed by atoms with van der Waals surface area (Å²) in [4.78, 5) is 29.0. The van der Waals surface area contributed by atoms with Crippen molar-refractivity contribution in [2.24, 2.45) is 0 Å². The number of carbonyl (C=O) groups is 2. The van der Waals surface area contributed by atoms with E-state index in [1.54, 1.807) is 4.90 Å². The lowest BCUT2D eigenvalue weighted by Crippen LogP contribution is -2.40. The largest absolute Gasteiger partial charge is 0.481 e. The number of anilines is 1. The molecule has 0 spiro atoms. The lowest BCUT2D eigenvalue weighted by atomic mass is 10.0. The molecule has 0 radical (unpaired) electrons. The normalized spacial score (nSPS) is 14.4. The van der Waals surface area contributed by atoms with Gasteiger partial charge >= 0.3 is 12.1 Å². The minimum Gasteiger partial charge on any atom is -0.481 e. The van der Waals surface area contributed by atoms with Crippen molar-refractivity contribution in [1.29, 1.82) is 0 Å². The number of hydrogen-bond donors (Lipinski definition) is 1. The van der Waals surface area contributed by atoms with Gasteiger partial charge in [0.15, 0.2) is 0 Å². The first-order chi connectivity index (χ1) is 10.3. The van der Waals surface area contributed by atoms with E-state index in [1.807, 2.05) is 32.9 Å². The van der Waals surface area contributed by atoms with Gasteiger partial charge < -0.3 is 9.84 Å². The van der Waals surface area contributed by atoms with Crippen LogP contribution in [0.15, 0.2) is 12.1 Å². The second-order valence-electron chi connectivity index (χ2n) is 6.41. The summed E-state index contributed by atoms with van der Waals surface area (Å²) in [6.07, 6.45) is 1.70. The molecule has 0 saturated carbocycles. The van der Waals surface area contributed by atoms with Crippen molar-refractivity contribution in [1.82, 2.24) is 4.98 Å². The molecule has 6 heteroatoms. The summed E-state index contributed by atoms with van der Waals surface area (Å²) in [5.41, 5.74) is 1.11. The molecule has 0 atom stereocenters. The number of aliphatic carboxylic acids is 1. The van der Waals surface area contributed by atoms with E-state index in [9.17, 15) is 9.59 Å². The van der Waals surface area contributed by atoms with Crippen LogP contribution in [0.5, 0.6) is 0 Å². The van der Waals surface area contributed by atoms with Crippen LogP contribution in [0.3, 0.4) is 0 Å². The topological polar surface area (TPSA) is 79.7 Å². The van der Waals surface area contributed by atoms with Gasteiger partial charge in [-0.2, -0.15) is 0 Å². The number of ether oxygens (including phenoxy) is 1. The number of fused-ring (bicyclic) bond motifs is 1. The SMILES string of the molecule is CC(C)(C)OC(=O)N1CCCc2ccc(CCC(=O)O)nc21. The highest BCUT2D eigenvalue weighted by atomic mass is 16.6. The number of carbonyl (C=O) groups excluding carboxylic acids is 1. The molecule has 0 aromatic carbocycles. The molecular formula is C16H22N2O4. The molecule has 6 nitrogen and oxygen atoms in total. The summed E-state index contributed by atoms with van der Waals surface area (Å²) in [5, 5.41) is 8.77. The van der Waals surface area contributed by atoms with Crippen LogP contribution >= 0.6 is 0 Å². The number of carboxylic acid groups (broad SMARTS) is 1. The highest BCUT2D eigenvalue weighted by Gasteiger charge is 2.28. The van der Waals surface area contributed by atoms with Crippen LogP contribution in [0.4, 0.5) is 10.6 Å². The fourth-order valence-electron chi connectivity index (χ4n) is 2.35. The molecule has 2 heterocycles. The average Bonchev–Trinajstić information content (AvgIpc) is 2.42. The minimum atomic E-state index is -0.858. The highest BCUT2D eigenvalue weighted by molar-refractivity contribution is 5.88. The molecule has 1 aromatic rings. The molecule has 120 valence electrons. The number of carboxylic acids is 1. The van der Waals surface area contributed by atoms with Crippen molar-refractivity contribution in [2.45, 2.75) is 52.1 Å². The molecule has 1 N–H and O–H groups in total. The van der Waals surface area contributed by atoms with Crippen LogP contribution in [-0.2, 0) is 22.4 Å². The maximum atomic E-state index is 12.3. The Kier molecular flexibility index (Phi) is 4.68. The number of pyridine rings is 1. The van der Waals surface area contributed by atoms with Crippen LogP contribution in [0.2, 0.25) is 0 Å². The van der Waals surface area contributed by atoms with Gasteiger partial charge in [0.2, 0.25) is 0 Å². The first-order valence-corrected chi connectivity index (χ1v) is 7.47. The predicted molar refractivity (Wildman–Crippen MR) is 82.1 cm³/mol. The van der Waals surface area contributed by atoms with E-state index in [-0.39, 0.29) is 6.42 Å². The molecular weight excluding hydrogens is 284 g/mol.